The van der Waals surface area contributed by atoms with Gasteiger partial charge in [0.25, 0.3) is 0 Å². The molecule has 3 heteroatoms. The third-order valence-corrected chi connectivity index (χ3v) is 5.66. The Labute approximate surface area is 136 Å². The Morgan fingerprint density at radius 2 is 1.45 bits per heavy atom. The predicted molar refractivity (Wildman–Crippen MR) is 91.8 cm³/mol. The van der Waals surface area contributed by atoms with Gasteiger partial charge in [0.05, 0.1) is 0 Å². The van der Waals surface area contributed by atoms with E-state index in [9.17, 15) is 4.79 Å². The number of aromatic nitrogens is 1. The second kappa shape index (κ2) is 7.26. The zero-order valence-corrected chi connectivity index (χ0v) is 13.9. The van der Waals surface area contributed by atoms with E-state index in [1.54, 1.807) is 10.6 Å². The van der Waals surface area contributed by atoms with Gasteiger partial charge in [0.2, 0.25) is 0 Å². The fourth-order valence-electron chi connectivity index (χ4n) is 2.25. The third-order valence-electron chi connectivity index (χ3n) is 3.39. The Hall–Kier alpha value is -2.09. The molecule has 3 rings (SSSR count). The number of nitrogens with zero attached hydrogens (tertiary/aromatic N) is 1. The maximum atomic E-state index is 12.0. The summed E-state index contributed by atoms with van der Waals surface area (Å²) >= 11 is 0.399. The zero-order valence-electron chi connectivity index (χ0n) is 12.2. The molecule has 22 heavy (non-hydrogen) atoms. The Bertz CT molecular complexity index is 781. The van der Waals surface area contributed by atoms with Crippen molar-refractivity contribution in [3.63, 3.8) is 0 Å². The summed E-state index contributed by atoms with van der Waals surface area (Å²) in [5, 5.41) is 1.01. The Balaban J connectivity index is 1.74. The number of pyridine rings is 1. The molecule has 0 atom stereocenters. The van der Waals surface area contributed by atoms with E-state index in [1.165, 1.54) is 10.0 Å². The fraction of sp³-hybridized carbons (Fsp3) is 0.105. The van der Waals surface area contributed by atoms with Gasteiger partial charge in [-0.15, -0.1) is 0 Å². The van der Waals surface area contributed by atoms with Gasteiger partial charge >= 0.3 is 136 Å². The van der Waals surface area contributed by atoms with Crippen molar-refractivity contribution in [1.29, 1.82) is 0 Å². The van der Waals surface area contributed by atoms with E-state index in [2.05, 4.69) is 24.3 Å². The summed E-state index contributed by atoms with van der Waals surface area (Å²) in [5.74, 6) is 0. The van der Waals surface area contributed by atoms with Crippen LogP contribution in [0.3, 0.4) is 0 Å². The van der Waals surface area contributed by atoms with Gasteiger partial charge in [0.15, 0.2) is 0 Å². The molecule has 0 fully saturated rings. The first-order valence-corrected chi connectivity index (χ1v) is 9.29. The van der Waals surface area contributed by atoms with Gasteiger partial charge in [-0.3, -0.25) is 0 Å². The van der Waals surface area contributed by atoms with Gasteiger partial charge in [-0.1, -0.05) is 0 Å². The Morgan fingerprint density at radius 1 is 0.773 bits per heavy atom. The van der Waals surface area contributed by atoms with E-state index < -0.39 is 0 Å². The van der Waals surface area contributed by atoms with Crippen LogP contribution in [0.25, 0.3) is 0 Å². The van der Waals surface area contributed by atoms with Crippen molar-refractivity contribution >= 4 is 19.4 Å². The van der Waals surface area contributed by atoms with E-state index in [0.717, 1.165) is 10.9 Å². The first-order valence-electron chi connectivity index (χ1n) is 7.22. The molecule has 0 amide bonds. The van der Waals surface area contributed by atoms with Crippen molar-refractivity contribution in [1.82, 2.24) is 4.57 Å². The normalized spacial score (nSPS) is 10.5. The summed E-state index contributed by atoms with van der Waals surface area (Å²) in [4.78, 5) is 12.0. The second-order valence-corrected chi connectivity index (χ2v) is 7.29. The van der Waals surface area contributed by atoms with Crippen LogP contribution < -0.4 is 10.0 Å². The molecular formula is C19H17NOSe. The summed E-state index contributed by atoms with van der Waals surface area (Å²) in [5.41, 5.74) is 2.43. The van der Waals surface area contributed by atoms with Gasteiger partial charge in [-0.05, 0) is 0 Å². The van der Waals surface area contributed by atoms with Crippen molar-refractivity contribution in [3.8, 4) is 0 Å². The predicted octanol–water partition coefficient (Wildman–Crippen LogP) is 2.43. The van der Waals surface area contributed by atoms with Gasteiger partial charge in [0.1, 0.15) is 0 Å². The number of benzene rings is 2. The topological polar surface area (TPSA) is 22.0 Å². The molecule has 0 aliphatic heterocycles. The van der Waals surface area contributed by atoms with Crippen LogP contribution in [0.4, 0.5) is 0 Å². The SMILES string of the molecule is O=c1ccc(C[Se]c2ccccc2)cn1Cc1ccccc1. The summed E-state index contributed by atoms with van der Waals surface area (Å²) in [7, 11) is 0. The van der Waals surface area contributed by atoms with Crippen molar-refractivity contribution < 1.29 is 0 Å². The van der Waals surface area contributed by atoms with Crippen molar-refractivity contribution in [2.75, 3.05) is 0 Å². The average Bonchev–Trinajstić information content (AvgIpc) is 2.57. The molecule has 1 heterocycles. The molecule has 0 aliphatic rings. The van der Waals surface area contributed by atoms with E-state index in [0.29, 0.717) is 21.5 Å². The van der Waals surface area contributed by atoms with Crippen LogP contribution in [0.5, 0.6) is 0 Å². The monoisotopic (exact) mass is 355 g/mol. The molecule has 0 bridgehead atoms. The average molecular weight is 354 g/mol. The molecule has 0 saturated heterocycles. The Kier molecular flexibility index (Phi) is 4.89. The van der Waals surface area contributed by atoms with Crippen LogP contribution in [-0.2, 0) is 11.9 Å². The minimum absolute atomic E-state index is 0.0554. The van der Waals surface area contributed by atoms with E-state index in [1.807, 2.05) is 48.7 Å². The van der Waals surface area contributed by atoms with Gasteiger partial charge in [0, 0.05) is 0 Å². The zero-order chi connectivity index (χ0) is 15.2. The van der Waals surface area contributed by atoms with E-state index in [4.69, 9.17) is 0 Å². The Morgan fingerprint density at radius 3 is 2.18 bits per heavy atom. The number of hydrogen-bond donors (Lipinski definition) is 0. The molecule has 0 spiro atoms. The molecule has 2 aromatic carbocycles. The number of rotatable bonds is 5. The molecular weight excluding hydrogens is 337 g/mol. The van der Waals surface area contributed by atoms with E-state index >= 15 is 0 Å². The molecule has 2 nitrogen and oxygen atoms in total. The van der Waals surface area contributed by atoms with Crippen LogP contribution in [-0.4, -0.2) is 19.5 Å². The molecule has 0 radical (unpaired) electrons. The molecule has 3 aromatic rings. The summed E-state index contributed by atoms with van der Waals surface area (Å²) < 4.78 is 3.18. The fourth-order valence-corrected chi connectivity index (χ4v) is 4.04. The molecule has 0 aliphatic carbocycles. The van der Waals surface area contributed by atoms with Gasteiger partial charge in [-0.2, -0.15) is 0 Å². The quantitative estimate of drug-likeness (QED) is 0.645. The van der Waals surface area contributed by atoms with Crippen LogP contribution in [0.15, 0.2) is 83.8 Å². The third kappa shape index (κ3) is 3.97. The second-order valence-electron chi connectivity index (χ2n) is 5.09. The summed E-state index contributed by atoms with van der Waals surface area (Å²) in [6.45, 7) is 0.631. The van der Waals surface area contributed by atoms with Crippen LogP contribution in [0, 0.1) is 0 Å². The first kappa shape index (κ1) is 14.8. The number of hydrogen-bond acceptors (Lipinski definition) is 1. The van der Waals surface area contributed by atoms with Crippen molar-refractivity contribution in [3.05, 3.63) is 100 Å². The standard InChI is InChI=1S/C19H17NOSe/c21-19-12-11-17(15-22-18-9-5-2-6-10-18)14-20(19)13-16-7-3-1-4-8-16/h1-12,14H,13,15H2. The van der Waals surface area contributed by atoms with E-state index in [-0.39, 0.29) is 5.56 Å². The maximum absolute atomic E-state index is 12.0. The molecule has 1 aromatic heterocycles. The molecule has 110 valence electrons. The first-order chi connectivity index (χ1) is 10.8. The molecule has 0 unspecified atom stereocenters. The van der Waals surface area contributed by atoms with Crippen LogP contribution in [0.2, 0.25) is 0 Å². The van der Waals surface area contributed by atoms with Crippen molar-refractivity contribution in [2.45, 2.75) is 11.9 Å². The molecule has 0 N–H and O–H groups in total. The molecule has 0 saturated carbocycles. The van der Waals surface area contributed by atoms with Gasteiger partial charge < -0.3 is 0 Å². The van der Waals surface area contributed by atoms with Crippen LogP contribution in [0.1, 0.15) is 11.1 Å². The summed E-state index contributed by atoms with van der Waals surface area (Å²) in [6.07, 6.45) is 2.00. The van der Waals surface area contributed by atoms with Gasteiger partial charge in [-0.25, -0.2) is 0 Å². The van der Waals surface area contributed by atoms with Crippen molar-refractivity contribution in [2.24, 2.45) is 0 Å². The summed E-state index contributed by atoms with van der Waals surface area (Å²) in [6, 6.07) is 24.3. The van der Waals surface area contributed by atoms with Crippen LogP contribution >= 0.6 is 0 Å². The minimum atomic E-state index is 0.0554.